The first-order chi connectivity index (χ1) is 5.79. The quantitative estimate of drug-likeness (QED) is 0.677. The standard InChI is InChI=1S/C9H19NO2S/c1-6(13)7(9(2,3)4)10-8(11)12-5/h6-7,13H,1-5H3,(H,10,11)/t6?,7-/m1/s1. The van der Waals surface area contributed by atoms with Crippen LogP contribution in [0.3, 0.4) is 0 Å². The molecule has 0 aliphatic heterocycles. The van der Waals surface area contributed by atoms with E-state index in [2.05, 4.69) is 43.5 Å². The number of alkyl carbamates (subject to hydrolysis) is 1. The number of amides is 1. The van der Waals surface area contributed by atoms with E-state index >= 15 is 0 Å². The maximum absolute atomic E-state index is 11.0. The Balaban J connectivity index is 4.36. The summed E-state index contributed by atoms with van der Waals surface area (Å²) in [5, 5.41) is 2.86. The second kappa shape index (κ2) is 4.74. The summed E-state index contributed by atoms with van der Waals surface area (Å²) in [6.45, 7) is 8.12. The van der Waals surface area contributed by atoms with E-state index in [0.717, 1.165) is 0 Å². The molecule has 78 valence electrons. The van der Waals surface area contributed by atoms with Crippen molar-refractivity contribution in [3.8, 4) is 0 Å². The average Bonchev–Trinajstić information content (AvgIpc) is 1.96. The minimum absolute atomic E-state index is 0.00304. The normalized spacial score (nSPS) is 16.2. The third-order valence-corrected chi connectivity index (χ3v) is 2.17. The second-order valence-electron chi connectivity index (χ2n) is 4.22. The van der Waals surface area contributed by atoms with Crippen molar-refractivity contribution < 1.29 is 9.53 Å². The van der Waals surface area contributed by atoms with Gasteiger partial charge in [-0.3, -0.25) is 0 Å². The van der Waals surface area contributed by atoms with Crippen LogP contribution in [0, 0.1) is 5.41 Å². The molecule has 0 fully saturated rings. The maximum atomic E-state index is 11.0. The van der Waals surface area contributed by atoms with E-state index in [1.54, 1.807) is 0 Å². The van der Waals surface area contributed by atoms with Crippen LogP contribution in [0.1, 0.15) is 27.7 Å². The average molecular weight is 205 g/mol. The maximum Gasteiger partial charge on any atom is 0.407 e. The molecular formula is C9H19NO2S. The van der Waals surface area contributed by atoms with Crippen molar-refractivity contribution in [2.75, 3.05) is 7.11 Å². The van der Waals surface area contributed by atoms with Gasteiger partial charge in [0.2, 0.25) is 0 Å². The van der Waals surface area contributed by atoms with Gasteiger partial charge in [-0.1, -0.05) is 27.7 Å². The van der Waals surface area contributed by atoms with Crippen LogP contribution in [0.15, 0.2) is 0 Å². The first-order valence-electron chi connectivity index (χ1n) is 4.31. The molecule has 0 aromatic heterocycles. The van der Waals surface area contributed by atoms with Crippen molar-refractivity contribution in [1.29, 1.82) is 0 Å². The number of methoxy groups -OCH3 is 1. The summed E-state index contributed by atoms with van der Waals surface area (Å²) < 4.78 is 4.54. The fourth-order valence-electron chi connectivity index (χ4n) is 1.25. The van der Waals surface area contributed by atoms with E-state index in [1.165, 1.54) is 7.11 Å². The van der Waals surface area contributed by atoms with Crippen molar-refractivity contribution in [3.63, 3.8) is 0 Å². The fourth-order valence-corrected chi connectivity index (χ4v) is 1.77. The van der Waals surface area contributed by atoms with E-state index in [0.29, 0.717) is 0 Å². The molecule has 2 atom stereocenters. The predicted octanol–water partition coefficient (Wildman–Crippen LogP) is 2.08. The lowest BCUT2D eigenvalue weighted by atomic mass is 9.85. The number of rotatable bonds is 2. The second-order valence-corrected chi connectivity index (χ2v) is 5.03. The Bertz CT molecular complexity index is 175. The monoisotopic (exact) mass is 205 g/mol. The molecular weight excluding hydrogens is 186 g/mol. The molecule has 0 heterocycles. The van der Waals surface area contributed by atoms with Crippen molar-refractivity contribution >= 4 is 18.7 Å². The largest absolute Gasteiger partial charge is 0.453 e. The molecule has 1 unspecified atom stereocenters. The molecule has 0 aliphatic carbocycles. The zero-order valence-electron chi connectivity index (χ0n) is 8.92. The van der Waals surface area contributed by atoms with Gasteiger partial charge in [0, 0.05) is 11.3 Å². The summed E-state index contributed by atoms with van der Waals surface area (Å²) in [4.78, 5) is 11.0. The summed E-state index contributed by atoms with van der Waals surface area (Å²) in [5.41, 5.74) is -0.0185. The van der Waals surface area contributed by atoms with Gasteiger partial charge in [0.05, 0.1) is 7.11 Å². The van der Waals surface area contributed by atoms with Crippen molar-refractivity contribution in [3.05, 3.63) is 0 Å². The van der Waals surface area contributed by atoms with Gasteiger partial charge in [-0.15, -0.1) is 0 Å². The van der Waals surface area contributed by atoms with Crippen LogP contribution in [0.4, 0.5) is 4.79 Å². The Labute approximate surface area is 85.6 Å². The van der Waals surface area contributed by atoms with Gasteiger partial charge in [0.15, 0.2) is 0 Å². The fraction of sp³-hybridized carbons (Fsp3) is 0.889. The SMILES string of the molecule is COC(=O)N[C@H](C(C)S)C(C)(C)C. The van der Waals surface area contributed by atoms with E-state index in [9.17, 15) is 4.79 Å². The number of ether oxygens (including phenoxy) is 1. The van der Waals surface area contributed by atoms with Crippen LogP contribution in [0.2, 0.25) is 0 Å². The summed E-state index contributed by atoms with van der Waals surface area (Å²) in [7, 11) is 1.36. The van der Waals surface area contributed by atoms with Crippen LogP contribution in [-0.2, 0) is 4.74 Å². The highest BCUT2D eigenvalue weighted by atomic mass is 32.1. The molecule has 0 spiro atoms. The molecule has 4 heteroatoms. The highest BCUT2D eigenvalue weighted by Crippen LogP contribution is 2.24. The molecule has 1 amide bonds. The van der Waals surface area contributed by atoms with Crippen LogP contribution >= 0.6 is 12.6 Å². The van der Waals surface area contributed by atoms with Gasteiger partial charge in [-0.2, -0.15) is 12.6 Å². The highest BCUT2D eigenvalue weighted by molar-refractivity contribution is 7.81. The zero-order chi connectivity index (χ0) is 10.6. The van der Waals surface area contributed by atoms with Crippen LogP contribution in [0.25, 0.3) is 0 Å². The molecule has 1 N–H and O–H groups in total. The molecule has 0 aromatic carbocycles. The van der Waals surface area contributed by atoms with Crippen molar-refractivity contribution in [1.82, 2.24) is 5.32 Å². The number of hydrogen-bond acceptors (Lipinski definition) is 3. The van der Waals surface area contributed by atoms with Crippen LogP contribution in [-0.4, -0.2) is 24.5 Å². The molecule has 0 aromatic rings. The Kier molecular flexibility index (Phi) is 4.61. The van der Waals surface area contributed by atoms with Gasteiger partial charge in [0.25, 0.3) is 0 Å². The smallest absolute Gasteiger partial charge is 0.407 e. The Morgan fingerprint density at radius 3 is 2.15 bits per heavy atom. The molecule has 0 aliphatic rings. The number of hydrogen-bond donors (Lipinski definition) is 2. The van der Waals surface area contributed by atoms with Crippen molar-refractivity contribution in [2.24, 2.45) is 5.41 Å². The van der Waals surface area contributed by atoms with Gasteiger partial charge >= 0.3 is 6.09 Å². The number of thiol groups is 1. The Morgan fingerprint density at radius 1 is 1.46 bits per heavy atom. The van der Waals surface area contributed by atoms with E-state index in [4.69, 9.17) is 0 Å². The van der Waals surface area contributed by atoms with Crippen LogP contribution in [0.5, 0.6) is 0 Å². The van der Waals surface area contributed by atoms with E-state index < -0.39 is 6.09 Å². The Morgan fingerprint density at radius 2 is 1.92 bits per heavy atom. The predicted molar refractivity (Wildman–Crippen MR) is 57.2 cm³/mol. The topological polar surface area (TPSA) is 38.3 Å². The molecule has 0 radical (unpaired) electrons. The minimum atomic E-state index is -0.402. The number of carbonyl (C=O) groups is 1. The number of carbonyl (C=O) groups excluding carboxylic acids is 1. The minimum Gasteiger partial charge on any atom is -0.453 e. The van der Waals surface area contributed by atoms with Gasteiger partial charge < -0.3 is 10.1 Å². The molecule has 0 saturated heterocycles. The van der Waals surface area contributed by atoms with Gasteiger partial charge in [-0.05, 0) is 5.41 Å². The first kappa shape index (κ1) is 12.6. The van der Waals surface area contributed by atoms with Crippen molar-refractivity contribution in [2.45, 2.75) is 39.0 Å². The third-order valence-electron chi connectivity index (χ3n) is 1.87. The van der Waals surface area contributed by atoms with Crippen LogP contribution < -0.4 is 5.32 Å². The molecule has 13 heavy (non-hydrogen) atoms. The first-order valence-corrected chi connectivity index (χ1v) is 4.83. The van der Waals surface area contributed by atoms with E-state index in [1.807, 2.05) is 6.92 Å². The molecule has 3 nitrogen and oxygen atoms in total. The molecule has 0 rings (SSSR count). The zero-order valence-corrected chi connectivity index (χ0v) is 9.81. The Hall–Kier alpha value is -0.380. The lowest BCUT2D eigenvalue weighted by Crippen LogP contribution is -2.48. The lowest BCUT2D eigenvalue weighted by Gasteiger charge is -2.33. The summed E-state index contributed by atoms with van der Waals surface area (Å²) in [5.74, 6) is 0. The summed E-state index contributed by atoms with van der Waals surface area (Å²) in [6, 6.07) is 0.00304. The van der Waals surface area contributed by atoms with E-state index in [-0.39, 0.29) is 16.7 Å². The summed E-state index contributed by atoms with van der Waals surface area (Å²) >= 11 is 4.33. The summed E-state index contributed by atoms with van der Waals surface area (Å²) in [6.07, 6.45) is -0.402. The number of nitrogens with one attached hydrogen (secondary N) is 1. The molecule has 0 saturated carbocycles. The third kappa shape index (κ3) is 4.41. The highest BCUT2D eigenvalue weighted by Gasteiger charge is 2.29. The lowest BCUT2D eigenvalue weighted by molar-refractivity contribution is 0.154. The van der Waals surface area contributed by atoms with Gasteiger partial charge in [-0.25, -0.2) is 4.79 Å². The van der Waals surface area contributed by atoms with Gasteiger partial charge in [0.1, 0.15) is 0 Å². The molecule has 0 bridgehead atoms.